The van der Waals surface area contributed by atoms with Gasteiger partial charge in [-0.2, -0.15) is 0 Å². The molecule has 0 aliphatic carbocycles. The van der Waals surface area contributed by atoms with Crippen LogP contribution in [0.4, 0.5) is 0 Å². The van der Waals surface area contributed by atoms with Gasteiger partial charge in [0.15, 0.2) is 0 Å². The van der Waals surface area contributed by atoms with Gasteiger partial charge in [0.1, 0.15) is 12.5 Å². The van der Waals surface area contributed by atoms with Crippen molar-refractivity contribution < 1.29 is 14.2 Å². The van der Waals surface area contributed by atoms with Crippen molar-refractivity contribution in [2.75, 3.05) is 6.61 Å². The van der Waals surface area contributed by atoms with E-state index in [1.54, 1.807) is 0 Å². The standard InChI is InChI=1S/C11H12O3/c1-2-4-10(5-3-1)6-7-12-11-13-8-9-14-11/h1-5,8-9,11H,6-7H2. The number of hydrogen-bond acceptors (Lipinski definition) is 3. The third kappa shape index (κ3) is 2.50. The fraction of sp³-hybridized carbons (Fsp3) is 0.273. The minimum Gasteiger partial charge on any atom is -0.437 e. The minimum atomic E-state index is -0.557. The molecule has 0 saturated carbocycles. The Balaban J connectivity index is 1.68. The van der Waals surface area contributed by atoms with E-state index in [0.29, 0.717) is 6.61 Å². The van der Waals surface area contributed by atoms with Crippen LogP contribution >= 0.6 is 0 Å². The van der Waals surface area contributed by atoms with Gasteiger partial charge in [0.25, 0.3) is 0 Å². The van der Waals surface area contributed by atoms with Crippen molar-refractivity contribution in [1.29, 1.82) is 0 Å². The maximum absolute atomic E-state index is 5.30. The van der Waals surface area contributed by atoms with Crippen LogP contribution in [0, 0.1) is 0 Å². The van der Waals surface area contributed by atoms with Crippen molar-refractivity contribution in [2.24, 2.45) is 0 Å². The van der Waals surface area contributed by atoms with E-state index >= 15 is 0 Å². The summed E-state index contributed by atoms with van der Waals surface area (Å²) in [5.74, 6) is 0. The highest BCUT2D eigenvalue weighted by Crippen LogP contribution is 2.07. The van der Waals surface area contributed by atoms with Gasteiger partial charge in [0.2, 0.25) is 0 Å². The molecule has 0 atom stereocenters. The Labute approximate surface area is 82.9 Å². The molecule has 0 unspecified atom stereocenters. The monoisotopic (exact) mass is 192 g/mol. The molecule has 0 bridgehead atoms. The van der Waals surface area contributed by atoms with Crippen LogP contribution in [0.5, 0.6) is 0 Å². The van der Waals surface area contributed by atoms with E-state index in [1.807, 2.05) is 18.2 Å². The lowest BCUT2D eigenvalue weighted by Gasteiger charge is -2.10. The van der Waals surface area contributed by atoms with Crippen LogP contribution in [-0.4, -0.2) is 13.1 Å². The van der Waals surface area contributed by atoms with E-state index in [9.17, 15) is 0 Å². The Hall–Kier alpha value is -1.48. The van der Waals surface area contributed by atoms with Gasteiger partial charge in [-0.3, -0.25) is 0 Å². The van der Waals surface area contributed by atoms with Crippen molar-refractivity contribution >= 4 is 0 Å². The smallest absolute Gasteiger partial charge is 0.359 e. The van der Waals surface area contributed by atoms with Crippen molar-refractivity contribution in [3.8, 4) is 0 Å². The summed E-state index contributed by atoms with van der Waals surface area (Å²) in [6.07, 6.45) is 3.82. The lowest BCUT2D eigenvalue weighted by Crippen LogP contribution is -2.14. The summed E-state index contributed by atoms with van der Waals surface area (Å²) in [7, 11) is 0. The van der Waals surface area contributed by atoms with E-state index < -0.39 is 6.48 Å². The van der Waals surface area contributed by atoms with Gasteiger partial charge in [-0.15, -0.1) is 0 Å². The zero-order chi connectivity index (χ0) is 9.64. The molecule has 1 aliphatic rings. The average Bonchev–Trinajstić information content (AvgIpc) is 2.72. The molecule has 0 N–H and O–H groups in total. The van der Waals surface area contributed by atoms with Crippen molar-refractivity contribution in [3.63, 3.8) is 0 Å². The molecule has 74 valence electrons. The lowest BCUT2D eigenvalue weighted by molar-refractivity contribution is -0.218. The first kappa shape index (κ1) is 9.09. The van der Waals surface area contributed by atoms with Crippen LogP contribution in [0.2, 0.25) is 0 Å². The quantitative estimate of drug-likeness (QED) is 0.730. The Morgan fingerprint density at radius 2 is 1.79 bits per heavy atom. The van der Waals surface area contributed by atoms with Gasteiger partial charge < -0.3 is 14.2 Å². The molecule has 3 heteroatoms. The van der Waals surface area contributed by atoms with Gasteiger partial charge in [-0.1, -0.05) is 30.3 Å². The second kappa shape index (κ2) is 4.67. The highest BCUT2D eigenvalue weighted by molar-refractivity contribution is 5.14. The summed E-state index contributed by atoms with van der Waals surface area (Å²) in [5.41, 5.74) is 1.25. The predicted molar refractivity (Wildman–Crippen MR) is 51.2 cm³/mol. The summed E-state index contributed by atoms with van der Waals surface area (Å²) < 4.78 is 15.2. The fourth-order valence-electron chi connectivity index (χ4n) is 1.22. The summed E-state index contributed by atoms with van der Waals surface area (Å²) in [5, 5.41) is 0. The molecule has 1 aromatic rings. The average molecular weight is 192 g/mol. The van der Waals surface area contributed by atoms with E-state index in [4.69, 9.17) is 14.2 Å². The van der Waals surface area contributed by atoms with Gasteiger partial charge in [-0.05, 0) is 12.0 Å². The highest BCUT2D eigenvalue weighted by atomic mass is 16.9. The molecular formula is C11H12O3. The molecule has 1 heterocycles. The first-order chi connectivity index (χ1) is 6.95. The maximum atomic E-state index is 5.30. The van der Waals surface area contributed by atoms with Crippen LogP contribution in [0.3, 0.4) is 0 Å². The van der Waals surface area contributed by atoms with Crippen molar-refractivity contribution in [1.82, 2.24) is 0 Å². The Morgan fingerprint density at radius 1 is 1.07 bits per heavy atom. The molecule has 1 aliphatic heterocycles. The van der Waals surface area contributed by atoms with Crippen LogP contribution in [0.25, 0.3) is 0 Å². The second-order valence-corrected chi connectivity index (χ2v) is 2.94. The summed E-state index contributed by atoms with van der Waals surface area (Å²) >= 11 is 0. The molecule has 0 spiro atoms. The molecule has 0 saturated heterocycles. The number of hydrogen-bond donors (Lipinski definition) is 0. The Bertz CT molecular complexity index is 287. The number of ether oxygens (including phenoxy) is 3. The molecule has 14 heavy (non-hydrogen) atoms. The van der Waals surface area contributed by atoms with Crippen molar-refractivity contribution in [2.45, 2.75) is 12.9 Å². The highest BCUT2D eigenvalue weighted by Gasteiger charge is 2.11. The van der Waals surface area contributed by atoms with Crippen LogP contribution in [0.15, 0.2) is 42.9 Å². The maximum Gasteiger partial charge on any atom is 0.359 e. The topological polar surface area (TPSA) is 27.7 Å². The lowest BCUT2D eigenvalue weighted by atomic mass is 10.2. The van der Waals surface area contributed by atoms with Gasteiger partial charge in [-0.25, -0.2) is 0 Å². The van der Waals surface area contributed by atoms with Crippen LogP contribution in [-0.2, 0) is 20.6 Å². The van der Waals surface area contributed by atoms with Crippen LogP contribution < -0.4 is 0 Å². The predicted octanol–water partition coefficient (Wildman–Crippen LogP) is 2.05. The number of rotatable bonds is 4. The minimum absolute atomic E-state index is 0.557. The molecule has 0 aromatic heterocycles. The largest absolute Gasteiger partial charge is 0.437 e. The molecule has 1 aromatic carbocycles. The van der Waals surface area contributed by atoms with E-state index in [2.05, 4.69) is 12.1 Å². The van der Waals surface area contributed by atoms with Crippen molar-refractivity contribution in [3.05, 3.63) is 48.4 Å². The molecular weight excluding hydrogens is 180 g/mol. The first-order valence-corrected chi connectivity index (χ1v) is 4.56. The van der Waals surface area contributed by atoms with E-state index in [0.717, 1.165) is 6.42 Å². The van der Waals surface area contributed by atoms with Gasteiger partial charge in [0.05, 0.1) is 6.61 Å². The second-order valence-electron chi connectivity index (χ2n) is 2.94. The zero-order valence-corrected chi connectivity index (χ0v) is 7.76. The Morgan fingerprint density at radius 3 is 2.50 bits per heavy atom. The van der Waals surface area contributed by atoms with Gasteiger partial charge in [0, 0.05) is 0 Å². The summed E-state index contributed by atoms with van der Waals surface area (Å²) in [6, 6.07) is 10.2. The molecule has 0 radical (unpaired) electrons. The Kier molecular flexibility index (Phi) is 3.03. The molecule has 0 amide bonds. The summed E-state index contributed by atoms with van der Waals surface area (Å²) in [4.78, 5) is 0. The molecule has 0 fully saturated rings. The zero-order valence-electron chi connectivity index (χ0n) is 7.76. The van der Waals surface area contributed by atoms with E-state index in [-0.39, 0.29) is 0 Å². The fourth-order valence-corrected chi connectivity index (χ4v) is 1.22. The molecule has 2 rings (SSSR count). The van der Waals surface area contributed by atoms with E-state index in [1.165, 1.54) is 18.1 Å². The SMILES string of the molecule is C1=COC(OCCc2ccccc2)O1. The van der Waals surface area contributed by atoms with Crippen LogP contribution in [0.1, 0.15) is 5.56 Å². The number of benzene rings is 1. The van der Waals surface area contributed by atoms with Gasteiger partial charge >= 0.3 is 6.48 Å². The third-order valence-corrected chi connectivity index (χ3v) is 1.92. The summed E-state index contributed by atoms with van der Waals surface area (Å²) in [6.45, 7) is 0.0369. The normalized spacial score (nSPS) is 15.1. The first-order valence-electron chi connectivity index (χ1n) is 4.56. The molecule has 3 nitrogen and oxygen atoms in total. The third-order valence-electron chi connectivity index (χ3n) is 1.92.